The van der Waals surface area contributed by atoms with Gasteiger partial charge in [-0.2, -0.15) is 0 Å². The van der Waals surface area contributed by atoms with E-state index in [1.165, 1.54) is 7.05 Å². The van der Waals surface area contributed by atoms with Gasteiger partial charge in [-0.1, -0.05) is 0 Å². The van der Waals surface area contributed by atoms with E-state index in [-0.39, 0.29) is 18.0 Å². The highest BCUT2D eigenvalue weighted by Gasteiger charge is 2.19. The van der Waals surface area contributed by atoms with Crippen molar-refractivity contribution in [3.63, 3.8) is 0 Å². The lowest BCUT2D eigenvalue weighted by atomic mass is 10.2. The van der Waals surface area contributed by atoms with Crippen molar-refractivity contribution < 1.29 is 14.3 Å². The normalized spacial score (nSPS) is 21.9. The van der Waals surface area contributed by atoms with Crippen LogP contribution in [0.4, 0.5) is 4.79 Å². The second-order valence-electron chi connectivity index (χ2n) is 3.51. The van der Waals surface area contributed by atoms with Crippen LogP contribution < -0.4 is 16.0 Å². The second-order valence-corrected chi connectivity index (χ2v) is 3.51. The maximum absolute atomic E-state index is 11.4. The lowest BCUT2D eigenvalue weighted by Crippen LogP contribution is -2.50. The molecule has 6 nitrogen and oxygen atoms in total. The first-order chi connectivity index (χ1) is 7.13. The van der Waals surface area contributed by atoms with Crippen molar-refractivity contribution in [3.05, 3.63) is 0 Å². The standard InChI is InChI=1S/C9H17N3O3/c1-6(8(13)10-2)11-9(14)12-7-3-4-15-5-7/h6-7H,3-5H2,1-2H3,(H,10,13)(H2,11,12,14). The van der Waals surface area contributed by atoms with Gasteiger partial charge in [-0.3, -0.25) is 4.79 Å². The first kappa shape index (κ1) is 11.8. The zero-order valence-electron chi connectivity index (χ0n) is 9.00. The number of likely N-dealkylation sites (N-methyl/N-ethyl adjacent to an activating group) is 1. The van der Waals surface area contributed by atoms with Crippen LogP contribution in [0.25, 0.3) is 0 Å². The SMILES string of the molecule is CNC(=O)C(C)NC(=O)NC1CCOC1. The average molecular weight is 215 g/mol. The van der Waals surface area contributed by atoms with Crippen LogP contribution in [0.5, 0.6) is 0 Å². The Morgan fingerprint density at radius 2 is 2.20 bits per heavy atom. The number of nitrogens with one attached hydrogen (secondary N) is 3. The minimum Gasteiger partial charge on any atom is -0.379 e. The molecule has 0 spiro atoms. The number of hydrogen-bond donors (Lipinski definition) is 3. The van der Waals surface area contributed by atoms with Crippen molar-refractivity contribution in [2.45, 2.75) is 25.4 Å². The van der Waals surface area contributed by atoms with Gasteiger partial charge in [0.1, 0.15) is 6.04 Å². The van der Waals surface area contributed by atoms with Crippen LogP contribution in [0.2, 0.25) is 0 Å². The topological polar surface area (TPSA) is 79.5 Å². The molecule has 1 aliphatic heterocycles. The van der Waals surface area contributed by atoms with Gasteiger partial charge >= 0.3 is 6.03 Å². The van der Waals surface area contributed by atoms with Gasteiger partial charge in [0.2, 0.25) is 5.91 Å². The number of rotatable bonds is 3. The first-order valence-electron chi connectivity index (χ1n) is 5.00. The van der Waals surface area contributed by atoms with Gasteiger partial charge in [0.05, 0.1) is 12.6 Å². The first-order valence-corrected chi connectivity index (χ1v) is 5.00. The van der Waals surface area contributed by atoms with E-state index in [9.17, 15) is 9.59 Å². The quantitative estimate of drug-likeness (QED) is 0.577. The number of urea groups is 1. The molecular formula is C9H17N3O3. The zero-order chi connectivity index (χ0) is 11.3. The van der Waals surface area contributed by atoms with Gasteiger partial charge in [-0.25, -0.2) is 4.79 Å². The highest BCUT2D eigenvalue weighted by atomic mass is 16.5. The van der Waals surface area contributed by atoms with Gasteiger partial charge in [-0.05, 0) is 13.3 Å². The van der Waals surface area contributed by atoms with E-state index in [2.05, 4.69) is 16.0 Å². The Morgan fingerprint density at radius 1 is 1.47 bits per heavy atom. The Morgan fingerprint density at radius 3 is 2.73 bits per heavy atom. The molecule has 1 fully saturated rings. The maximum atomic E-state index is 11.4. The van der Waals surface area contributed by atoms with Crippen molar-refractivity contribution in [3.8, 4) is 0 Å². The molecule has 0 radical (unpaired) electrons. The summed E-state index contributed by atoms with van der Waals surface area (Å²) in [5.74, 6) is -0.215. The van der Waals surface area contributed by atoms with Crippen molar-refractivity contribution in [2.24, 2.45) is 0 Å². The van der Waals surface area contributed by atoms with E-state index in [1.54, 1.807) is 6.92 Å². The molecule has 3 amide bonds. The Kier molecular flexibility index (Phi) is 4.36. The number of carbonyl (C=O) groups is 2. The van der Waals surface area contributed by atoms with Crippen LogP contribution in [-0.4, -0.2) is 44.3 Å². The Hall–Kier alpha value is -1.30. The van der Waals surface area contributed by atoms with Crippen LogP contribution in [0.1, 0.15) is 13.3 Å². The summed E-state index contributed by atoms with van der Waals surface area (Å²) in [4.78, 5) is 22.5. The lowest BCUT2D eigenvalue weighted by molar-refractivity contribution is -0.122. The molecule has 0 aromatic rings. The van der Waals surface area contributed by atoms with Gasteiger partial charge in [0, 0.05) is 13.7 Å². The molecule has 2 unspecified atom stereocenters. The summed E-state index contributed by atoms with van der Waals surface area (Å²) >= 11 is 0. The van der Waals surface area contributed by atoms with Crippen molar-refractivity contribution in [1.29, 1.82) is 0 Å². The third-order valence-electron chi connectivity index (χ3n) is 2.25. The molecule has 0 bridgehead atoms. The third kappa shape index (κ3) is 3.75. The fourth-order valence-corrected chi connectivity index (χ4v) is 1.35. The Bertz CT molecular complexity index is 239. The summed E-state index contributed by atoms with van der Waals surface area (Å²) in [5, 5.41) is 7.73. The van der Waals surface area contributed by atoms with Gasteiger partial charge in [0.25, 0.3) is 0 Å². The number of hydrogen-bond acceptors (Lipinski definition) is 3. The highest BCUT2D eigenvalue weighted by Crippen LogP contribution is 2.02. The molecule has 1 rings (SSSR count). The predicted molar refractivity (Wildman–Crippen MR) is 54.4 cm³/mol. The van der Waals surface area contributed by atoms with Gasteiger partial charge in [-0.15, -0.1) is 0 Å². The van der Waals surface area contributed by atoms with E-state index in [4.69, 9.17) is 4.74 Å². The number of amides is 3. The summed E-state index contributed by atoms with van der Waals surface area (Å²) in [7, 11) is 1.53. The van der Waals surface area contributed by atoms with Crippen molar-refractivity contribution in [1.82, 2.24) is 16.0 Å². The Balaban J connectivity index is 2.25. The molecule has 0 aromatic heterocycles. The lowest BCUT2D eigenvalue weighted by Gasteiger charge is -2.15. The largest absolute Gasteiger partial charge is 0.379 e. The molecule has 1 heterocycles. The molecule has 0 aliphatic carbocycles. The fraction of sp³-hybridized carbons (Fsp3) is 0.778. The minimum atomic E-state index is -0.530. The molecule has 6 heteroatoms. The maximum Gasteiger partial charge on any atom is 0.315 e. The minimum absolute atomic E-state index is 0.0573. The predicted octanol–water partition coefficient (Wildman–Crippen LogP) is -0.791. The van der Waals surface area contributed by atoms with Crippen molar-refractivity contribution >= 4 is 11.9 Å². The molecule has 86 valence electrons. The molecule has 2 atom stereocenters. The average Bonchev–Trinajstić information content (AvgIpc) is 2.68. The summed E-state index contributed by atoms with van der Waals surface area (Å²) in [6, 6.07) is -0.805. The smallest absolute Gasteiger partial charge is 0.315 e. The second kappa shape index (κ2) is 5.55. The van der Waals surface area contributed by atoms with Crippen LogP contribution in [0.15, 0.2) is 0 Å². The van der Waals surface area contributed by atoms with Crippen LogP contribution in [-0.2, 0) is 9.53 Å². The van der Waals surface area contributed by atoms with E-state index >= 15 is 0 Å². The molecular weight excluding hydrogens is 198 g/mol. The van der Waals surface area contributed by atoms with Crippen LogP contribution in [0, 0.1) is 0 Å². The summed E-state index contributed by atoms with van der Waals surface area (Å²) < 4.78 is 5.11. The fourth-order valence-electron chi connectivity index (χ4n) is 1.35. The number of carbonyl (C=O) groups excluding carboxylic acids is 2. The Labute approximate surface area is 88.7 Å². The number of ether oxygens (including phenoxy) is 1. The summed E-state index contributed by atoms with van der Waals surface area (Å²) in [6.07, 6.45) is 0.821. The van der Waals surface area contributed by atoms with E-state index in [0.29, 0.717) is 13.2 Å². The molecule has 0 aromatic carbocycles. The van der Waals surface area contributed by atoms with Gasteiger partial charge < -0.3 is 20.7 Å². The van der Waals surface area contributed by atoms with E-state index < -0.39 is 6.04 Å². The molecule has 3 N–H and O–H groups in total. The molecule has 0 saturated carbocycles. The summed E-state index contributed by atoms with van der Waals surface area (Å²) in [5.41, 5.74) is 0. The van der Waals surface area contributed by atoms with Gasteiger partial charge in [0.15, 0.2) is 0 Å². The monoisotopic (exact) mass is 215 g/mol. The van der Waals surface area contributed by atoms with E-state index in [0.717, 1.165) is 6.42 Å². The molecule has 1 saturated heterocycles. The molecule has 15 heavy (non-hydrogen) atoms. The van der Waals surface area contributed by atoms with Crippen molar-refractivity contribution in [2.75, 3.05) is 20.3 Å². The van der Waals surface area contributed by atoms with Crippen LogP contribution in [0.3, 0.4) is 0 Å². The summed E-state index contributed by atoms with van der Waals surface area (Å²) in [6.45, 7) is 2.85. The third-order valence-corrected chi connectivity index (χ3v) is 2.25. The van der Waals surface area contributed by atoms with Crippen LogP contribution >= 0.6 is 0 Å². The molecule has 1 aliphatic rings. The highest BCUT2D eigenvalue weighted by molar-refractivity contribution is 5.86. The zero-order valence-corrected chi connectivity index (χ0v) is 9.00. The van der Waals surface area contributed by atoms with E-state index in [1.807, 2.05) is 0 Å².